The summed E-state index contributed by atoms with van der Waals surface area (Å²) < 4.78 is 0. The Morgan fingerprint density at radius 1 is 1.24 bits per heavy atom. The van der Waals surface area contributed by atoms with E-state index in [9.17, 15) is 5.11 Å². The van der Waals surface area contributed by atoms with Crippen LogP contribution in [0.15, 0.2) is 0 Å². The fraction of sp³-hybridized carbons (Fsp3) is 1.00. The molecule has 5 atom stereocenters. The van der Waals surface area contributed by atoms with E-state index in [1.165, 1.54) is 51.4 Å². The van der Waals surface area contributed by atoms with E-state index in [0.717, 1.165) is 18.3 Å². The molecule has 0 saturated heterocycles. The summed E-state index contributed by atoms with van der Waals surface area (Å²) in [5, 5.41) is 10.4. The van der Waals surface area contributed by atoms with Crippen molar-refractivity contribution in [1.29, 1.82) is 0 Å². The van der Waals surface area contributed by atoms with Gasteiger partial charge in [0.25, 0.3) is 0 Å². The summed E-state index contributed by atoms with van der Waals surface area (Å²) in [5.41, 5.74) is 0.885. The normalized spacial score (nSPS) is 39.3. The SMILES string of the molecule is CC[C@](C)(CCCC(C)C)[C@H]1CCC2[C@@H](O)CCC[C@@]21C. The maximum absolute atomic E-state index is 10.4. The molecule has 1 heteroatoms. The van der Waals surface area contributed by atoms with Crippen molar-refractivity contribution in [2.75, 3.05) is 0 Å². The molecular weight excluding hydrogens is 256 g/mol. The molecule has 2 saturated carbocycles. The second kappa shape index (κ2) is 6.60. The van der Waals surface area contributed by atoms with Gasteiger partial charge < -0.3 is 5.11 Å². The minimum Gasteiger partial charge on any atom is -0.393 e. The van der Waals surface area contributed by atoms with Crippen molar-refractivity contribution < 1.29 is 5.11 Å². The van der Waals surface area contributed by atoms with E-state index in [4.69, 9.17) is 0 Å². The van der Waals surface area contributed by atoms with Crippen LogP contribution in [0.5, 0.6) is 0 Å². The summed E-state index contributed by atoms with van der Waals surface area (Å²) in [7, 11) is 0. The summed E-state index contributed by atoms with van der Waals surface area (Å²) in [4.78, 5) is 0. The van der Waals surface area contributed by atoms with Gasteiger partial charge in [0.15, 0.2) is 0 Å². The Kier molecular flexibility index (Phi) is 5.45. The molecule has 0 aromatic rings. The standard InChI is InChI=1S/C20H38O/c1-6-19(4,13-7-9-15(2)3)18-12-11-16-17(21)10-8-14-20(16,18)5/h15-18,21H,6-14H2,1-5H3/t16?,17-,18+,19+,20-/m0/s1. The first-order chi connectivity index (χ1) is 9.83. The third-order valence-corrected chi connectivity index (χ3v) is 7.27. The number of fused-ring (bicyclic) bond motifs is 1. The lowest BCUT2D eigenvalue weighted by atomic mass is 9.56. The molecule has 0 radical (unpaired) electrons. The van der Waals surface area contributed by atoms with Crippen LogP contribution >= 0.6 is 0 Å². The molecule has 2 fully saturated rings. The molecule has 1 N–H and O–H groups in total. The van der Waals surface area contributed by atoms with Gasteiger partial charge in [0.05, 0.1) is 6.10 Å². The topological polar surface area (TPSA) is 20.2 Å². The minimum atomic E-state index is -0.0227. The van der Waals surface area contributed by atoms with E-state index < -0.39 is 0 Å². The van der Waals surface area contributed by atoms with E-state index in [2.05, 4.69) is 34.6 Å². The van der Waals surface area contributed by atoms with Crippen molar-refractivity contribution in [3.8, 4) is 0 Å². The first-order valence-electron chi connectivity index (χ1n) is 9.51. The van der Waals surface area contributed by atoms with Gasteiger partial charge in [0, 0.05) is 0 Å². The highest BCUT2D eigenvalue weighted by Gasteiger charge is 2.55. The molecule has 0 aromatic carbocycles. The average Bonchev–Trinajstić information content (AvgIpc) is 2.77. The summed E-state index contributed by atoms with van der Waals surface area (Å²) in [6.07, 6.45) is 11.6. The molecule has 0 bridgehead atoms. The van der Waals surface area contributed by atoms with Crippen molar-refractivity contribution in [2.24, 2.45) is 28.6 Å². The van der Waals surface area contributed by atoms with Gasteiger partial charge in [-0.25, -0.2) is 0 Å². The third-order valence-electron chi connectivity index (χ3n) is 7.27. The second-order valence-electron chi connectivity index (χ2n) is 9.00. The number of hydrogen-bond donors (Lipinski definition) is 1. The lowest BCUT2D eigenvalue weighted by Gasteiger charge is -2.50. The van der Waals surface area contributed by atoms with Gasteiger partial charge in [-0.15, -0.1) is 0 Å². The predicted molar refractivity (Wildman–Crippen MR) is 91.3 cm³/mol. The van der Waals surface area contributed by atoms with Crippen molar-refractivity contribution in [2.45, 2.75) is 98.5 Å². The van der Waals surface area contributed by atoms with Gasteiger partial charge in [-0.3, -0.25) is 0 Å². The molecule has 2 aliphatic carbocycles. The maximum Gasteiger partial charge on any atom is 0.0573 e. The molecule has 0 amide bonds. The molecule has 124 valence electrons. The summed E-state index contributed by atoms with van der Waals surface area (Å²) in [6, 6.07) is 0. The summed E-state index contributed by atoms with van der Waals surface area (Å²) in [5.74, 6) is 2.23. The van der Waals surface area contributed by atoms with Crippen LogP contribution in [0.1, 0.15) is 92.4 Å². The zero-order valence-corrected chi connectivity index (χ0v) is 15.1. The lowest BCUT2D eigenvalue weighted by Crippen LogP contribution is -2.44. The van der Waals surface area contributed by atoms with Crippen LogP contribution in [-0.2, 0) is 0 Å². The van der Waals surface area contributed by atoms with Crippen LogP contribution < -0.4 is 0 Å². The van der Waals surface area contributed by atoms with Crippen LogP contribution in [0.2, 0.25) is 0 Å². The number of hydrogen-bond acceptors (Lipinski definition) is 1. The monoisotopic (exact) mass is 294 g/mol. The predicted octanol–water partition coefficient (Wildman–Crippen LogP) is 5.81. The van der Waals surface area contributed by atoms with Crippen molar-refractivity contribution in [3.05, 3.63) is 0 Å². The Morgan fingerprint density at radius 2 is 1.95 bits per heavy atom. The largest absolute Gasteiger partial charge is 0.393 e. The Hall–Kier alpha value is -0.0400. The molecule has 1 unspecified atom stereocenters. The van der Waals surface area contributed by atoms with Crippen LogP contribution in [0, 0.1) is 28.6 Å². The highest BCUT2D eigenvalue weighted by atomic mass is 16.3. The third kappa shape index (κ3) is 3.33. The van der Waals surface area contributed by atoms with Crippen LogP contribution in [0.3, 0.4) is 0 Å². The first-order valence-corrected chi connectivity index (χ1v) is 9.51. The van der Waals surface area contributed by atoms with E-state index in [0.29, 0.717) is 16.7 Å². The Balaban J connectivity index is 2.10. The van der Waals surface area contributed by atoms with E-state index >= 15 is 0 Å². The zero-order valence-electron chi connectivity index (χ0n) is 15.1. The van der Waals surface area contributed by atoms with Crippen molar-refractivity contribution in [3.63, 3.8) is 0 Å². The highest BCUT2D eigenvalue weighted by molar-refractivity contribution is 5.05. The smallest absolute Gasteiger partial charge is 0.0573 e. The summed E-state index contributed by atoms with van der Waals surface area (Å²) in [6.45, 7) is 12.1. The average molecular weight is 295 g/mol. The fourth-order valence-corrected chi connectivity index (χ4v) is 5.80. The van der Waals surface area contributed by atoms with E-state index in [1.807, 2.05) is 0 Å². The van der Waals surface area contributed by atoms with E-state index in [-0.39, 0.29) is 6.10 Å². The number of aliphatic hydroxyl groups is 1. The van der Waals surface area contributed by atoms with Crippen LogP contribution in [0.4, 0.5) is 0 Å². The van der Waals surface area contributed by atoms with Gasteiger partial charge in [-0.1, -0.05) is 60.3 Å². The first kappa shape index (κ1) is 17.3. The molecule has 0 spiro atoms. The molecule has 2 rings (SSSR count). The maximum atomic E-state index is 10.4. The highest BCUT2D eigenvalue weighted by Crippen LogP contribution is 2.62. The number of rotatable bonds is 6. The Morgan fingerprint density at radius 3 is 2.57 bits per heavy atom. The van der Waals surface area contributed by atoms with Crippen LogP contribution in [-0.4, -0.2) is 11.2 Å². The molecular formula is C20H38O. The zero-order chi connectivity index (χ0) is 15.7. The van der Waals surface area contributed by atoms with E-state index in [1.54, 1.807) is 0 Å². The Bertz CT molecular complexity index is 337. The van der Waals surface area contributed by atoms with Crippen molar-refractivity contribution in [1.82, 2.24) is 0 Å². The fourth-order valence-electron chi connectivity index (χ4n) is 5.80. The molecule has 21 heavy (non-hydrogen) atoms. The van der Waals surface area contributed by atoms with Crippen LogP contribution in [0.25, 0.3) is 0 Å². The minimum absolute atomic E-state index is 0.0227. The number of aliphatic hydroxyl groups excluding tert-OH is 1. The molecule has 0 heterocycles. The van der Waals surface area contributed by atoms with Gasteiger partial charge in [0.1, 0.15) is 0 Å². The van der Waals surface area contributed by atoms with Crippen molar-refractivity contribution >= 4 is 0 Å². The van der Waals surface area contributed by atoms with Gasteiger partial charge in [-0.05, 0) is 60.7 Å². The molecule has 1 nitrogen and oxygen atoms in total. The van der Waals surface area contributed by atoms with Gasteiger partial charge >= 0.3 is 0 Å². The quantitative estimate of drug-likeness (QED) is 0.655. The van der Waals surface area contributed by atoms with Gasteiger partial charge in [-0.2, -0.15) is 0 Å². The molecule has 0 aromatic heterocycles. The molecule has 2 aliphatic rings. The second-order valence-corrected chi connectivity index (χ2v) is 9.00. The summed E-state index contributed by atoms with van der Waals surface area (Å²) >= 11 is 0. The van der Waals surface area contributed by atoms with Gasteiger partial charge in [0.2, 0.25) is 0 Å². The molecule has 0 aliphatic heterocycles. The Labute approximate surface area is 132 Å². The lowest BCUT2D eigenvalue weighted by molar-refractivity contribution is -0.0505.